The number of sulfonamides is 1. The zero-order chi connectivity index (χ0) is 14.9. The molecule has 5 nitrogen and oxygen atoms in total. The van der Waals surface area contributed by atoms with Crippen molar-refractivity contribution in [2.75, 3.05) is 13.2 Å². The topological polar surface area (TPSA) is 67.4 Å². The largest absolute Gasteiger partial charge is 0.381 e. The average Bonchev–Trinajstić information content (AvgIpc) is 2.96. The Morgan fingerprint density at radius 2 is 2.19 bits per heavy atom. The van der Waals surface area contributed by atoms with Crippen LogP contribution in [0.1, 0.15) is 31.1 Å². The van der Waals surface area contributed by atoms with Gasteiger partial charge in [-0.2, -0.15) is 0 Å². The summed E-state index contributed by atoms with van der Waals surface area (Å²) < 4.78 is 33.3. The van der Waals surface area contributed by atoms with Gasteiger partial charge in [-0.3, -0.25) is 0 Å². The summed E-state index contributed by atoms with van der Waals surface area (Å²) in [6.07, 6.45) is 3.39. The molecule has 1 aromatic heterocycles. The molecule has 0 bridgehead atoms. The van der Waals surface area contributed by atoms with Crippen molar-refractivity contribution in [3.63, 3.8) is 0 Å². The molecule has 1 aliphatic carbocycles. The van der Waals surface area contributed by atoms with Crippen LogP contribution in [0.5, 0.6) is 0 Å². The normalized spacial score (nSPS) is 24.3. The number of thiophene rings is 1. The van der Waals surface area contributed by atoms with Crippen LogP contribution in [0.25, 0.3) is 0 Å². The highest BCUT2D eigenvalue weighted by Gasteiger charge is 2.27. The van der Waals surface area contributed by atoms with Gasteiger partial charge in [-0.05, 0) is 38.3 Å². The van der Waals surface area contributed by atoms with Crippen LogP contribution in [0.2, 0.25) is 0 Å². The van der Waals surface area contributed by atoms with Crippen LogP contribution in [0.4, 0.5) is 0 Å². The standard InChI is InChI=1S/C14H22N2O3S2/c1-10(11-6-7-19-9-11)16-21(17,18)14-5-4-13(20-14)8-15-12-2-3-12/h4-5,10-12,15-16H,2-3,6-9H2,1H3. The van der Waals surface area contributed by atoms with Crippen LogP contribution in [-0.2, 0) is 21.3 Å². The minimum atomic E-state index is -3.41. The van der Waals surface area contributed by atoms with Crippen LogP contribution < -0.4 is 10.0 Å². The van der Waals surface area contributed by atoms with Crippen molar-refractivity contribution >= 4 is 21.4 Å². The van der Waals surface area contributed by atoms with E-state index in [0.717, 1.165) is 24.4 Å². The molecule has 3 rings (SSSR count). The third-order valence-electron chi connectivity index (χ3n) is 4.06. The molecule has 2 atom stereocenters. The van der Waals surface area contributed by atoms with E-state index in [1.165, 1.54) is 24.2 Å². The molecule has 2 heterocycles. The molecule has 0 aromatic carbocycles. The summed E-state index contributed by atoms with van der Waals surface area (Å²) in [5.74, 6) is 0.274. The van der Waals surface area contributed by atoms with E-state index in [2.05, 4.69) is 10.0 Å². The minimum absolute atomic E-state index is 0.0901. The lowest BCUT2D eigenvalue weighted by atomic mass is 10.0. The Hall–Kier alpha value is -0.470. The van der Waals surface area contributed by atoms with Crippen molar-refractivity contribution in [2.24, 2.45) is 5.92 Å². The molecule has 1 aromatic rings. The van der Waals surface area contributed by atoms with Crippen molar-refractivity contribution in [2.45, 2.75) is 49.0 Å². The molecule has 1 saturated carbocycles. The summed E-state index contributed by atoms with van der Waals surface area (Å²) in [5, 5.41) is 3.40. The van der Waals surface area contributed by atoms with E-state index in [1.807, 2.05) is 13.0 Å². The van der Waals surface area contributed by atoms with Crippen LogP contribution in [0.3, 0.4) is 0 Å². The van der Waals surface area contributed by atoms with Gasteiger partial charge in [0.05, 0.1) is 6.61 Å². The summed E-state index contributed by atoms with van der Waals surface area (Å²) >= 11 is 1.35. The Morgan fingerprint density at radius 3 is 2.86 bits per heavy atom. The Bertz CT molecular complexity index is 575. The summed E-state index contributed by atoms with van der Waals surface area (Å²) in [4.78, 5) is 1.07. The Labute approximate surface area is 130 Å². The molecule has 2 N–H and O–H groups in total. The smallest absolute Gasteiger partial charge is 0.250 e. The molecule has 118 valence electrons. The van der Waals surface area contributed by atoms with Gasteiger partial charge >= 0.3 is 0 Å². The molecular weight excluding hydrogens is 308 g/mol. The first-order valence-electron chi connectivity index (χ1n) is 7.47. The van der Waals surface area contributed by atoms with E-state index in [4.69, 9.17) is 4.74 Å². The molecule has 1 aliphatic heterocycles. The fourth-order valence-electron chi connectivity index (χ4n) is 2.48. The van der Waals surface area contributed by atoms with E-state index in [1.54, 1.807) is 6.07 Å². The van der Waals surface area contributed by atoms with Gasteiger partial charge in [0.25, 0.3) is 0 Å². The predicted octanol–water partition coefficient (Wildman–Crippen LogP) is 1.70. The molecule has 0 spiro atoms. The number of nitrogens with one attached hydrogen (secondary N) is 2. The van der Waals surface area contributed by atoms with Crippen molar-refractivity contribution < 1.29 is 13.2 Å². The van der Waals surface area contributed by atoms with Gasteiger partial charge in [0.15, 0.2) is 0 Å². The highest BCUT2D eigenvalue weighted by Crippen LogP contribution is 2.25. The molecular formula is C14H22N2O3S2. The number of ether oxygens (including phenoxy) is 1. The molecule has 0 radical (unpaired) electrons. The third kappa shape index (κ3) is 4.04. The number of hydrogen-bond donors (Lipinski definition) is 2. The van der Waals surface area contributed by atoms with Crippen molar-refractivity contribution in [1.82, 2.24) is 10.0 Å². The summed E-state index contributed by atoms with van der Waals surface area (Å²) in [7, 11) is -3.41. The Balaban J connectivity index is 1.60. The Kier molecular flexibility index (Phi) is 4.66. The highest BCUT2D eigenvalue weighted by molar-refractivity contribution is 7.91. The maximum atomic E-state index is 12.4. The lowest BCUT2D eigenvalue weighted by molar-refractivity contribution is 0.180. The number of hydrogen-bond acceptors (Lipinski definition) is 5. The van der Waals surface area contributed by atoms with Gasteiger partial charge in [-0.25, -0.2) is 13.1 Å². The second-order valence-electron chi connectivity index (χ2n) is 5.91. The van der Waals surface area contributed by atoms with Crippen LogP contribution >= 0.6 is 11.3 Å². The quantitative estimate of drug-likeness (QED) is 0.798. The molecule has 21 heavy (non-hydrogen) atoms. The highest BCUT2D eigenvalue weighted by atomic mass is 32.2. The lowest BCUT2D eigenvalue weighted by Gasteiger charge is -2.18. The predicted molar refractivity (Wildman–Crippen MR) is 82.9 cm³/mol. The second-order valence-corrected chi connectivity index (χ2v) is 9.02. The summed E-state index contributed by atoms with van der Waals surface area (Å²) in [6.45, 7) is 4.05. The SMILES string of the molecule is CC(NS(=O)(=O)c1ccc(CNC2CC2)s1)C1CCOC1. The van der Waals surface area contributed by atoms with Crippen molar-refractivity contribution in [3.8, 4) is 0 Å². The van der Waals surface area contributed by atoms with E-state index in [0.29, 0.717) is 16.9 Å². The molecule has 7 heteroatoms. The van der Waals surface area contributed by atoms with Gasteiger partial charge in [-0.15, -0.1) is 11.3 Å². The average molecular weight is 330 g/mol. The first kappa shape index (κ1) is 15.4. The summed E-state index contributed by atoms with van der Waals surface area (Å²) in [5.41, 5.74) is 0. The maximum absolute atomic E-state index is 12.4. The molecule has 1 saturated heterocycles. The Morgan fingerprint density at radius 1 is 1.38 bits per heavy atom. The van der Waals surface area contributed by atoms with Gasteiger partial charge in [0.2, 0.25) is 10.0 Å². The van der Waals surface area contributed by atoms with Gasteiger partial charge in [-0.1, -0.05) is 0 Å². The van der Waals surface area contributed by atoms with E-state index in [9.17, 15) is 8.42 Å². The fourth-order valence-corrected chi connectivity index (χ4v) is 5.11. The zero-order valence-electron chi connectivity index (χ0n) is 12.2. The first-order valence-corrected chi connectivity index (χ1v) is 9.77. The molecule has 2 fully saturated rings. The maximum Gasteiger partial charge on any atom is 0.250 e. The fraction of sp³-hybridized carbons (Fsp3) is 0.714. The number of rotatable bonds is 7. The lowest BCUT2D eigenvalue weighted by Crippen LogP contribution is -2.38. The van der Waals surface area contributed by atoms with Crippen molar-refractivity contribution in [1.29, 1.82) is 0 Å². The molecule has 0 amide bonds. The van der Waals surface area contributed by atoms with Gasteiger partial charge < -0.3 is 10.1 Å². The summed E-state index contributed by atoms with van der Waals surface area (Å²) in [6, 6.07) is 4.15. The van der Waals surface area contributed by atoms with E-state index < -0.39 is 10.0 Å². The van der Waals surface area contributed by atoms with Crippen LogP contribution in [0, 0.1) is 5.92 Å². The van der Waals surface area contributed by atoms with Gasteiger partial charge in [0.1, 0.15) is 4.21 Å². The molecule has 2 unspecified atom stereocenters. The van der Waals surface area contributed by atoms with E-state index in [-0.39, 0.29) is 12.0 Å². The second kappa shape index (κ2) is 6.34. The van der Waals surface area contributed by atoms with Crippen LogP contribution in [-0.4, -0.2) is 33.7 Å². The third-order valence-corrected chi connectivity index (χ3v) is 7.19. The monoisotopic (exact) mass is 330 g/mol. The minimum Gasteiger partial charge on any atom is -0.381 e. The van der Waals surface area contributed by atoms with E-state index >= 15 is 0 Å². The zero-order valence-corrected chi connectivity index (χ0v) is 13.8. The molecule has 2 aliphatic rings. The van der Waals surface area contributed by atoms with Crippen molar-refractivity contribution in [3.05, 3.63) is 17.0 Å². The van der Waals surface area contributed by atoms with Gasteiger partial charge in [0, 0.05) is 36.0 Å². The first-order chi connectivity index (χ1) is 10.0. The van der Waals surface area contributed by atoms with Crippen LogP contribution in [0.15, 0.2) is 16.3 Å².